The standard InChI is InChI=1S/C22H15N3O2/c26-21(17-8-3-1-4-9-17)25(22(27)18-10-5-2-6-11-18)20-19-16(13-15-24-20)12-7-14-23-19/h1-15H. The maximum atomic E-state index is 13.2. The summed E-state index contributed by atoms with van der Waals surface area (Å²) in [5.74, 6) is -0.680. The number of rotatable bonds is 3. The van der Waals surface area contributed by atoms with Gasteiger partial charge in [-0.3, -0.25) is 14.6 Å². The molecule has 0 radical (unpaired) electrons. The monoisotopic (exact) mass is 353 g/mol. The molecule has 2 heterocycles. The average molecular weight is 353 g/mol. The van der Waals surface area contributed by atoms with Gasteiger partial charge < -0.3 is 0 Å². The SMILES string of the molecule is O=C(c1ccccc1)N(C(=O)c1ccccc1)c1nccc2cccnc12. The highest BCUT2D eigenvalue weighted by atomic mass is 16.2. The average Bonchev–Trinajstić information content (AvgIpc) is 2.75. The van der Waals surface area contributed by atoms with E-state index in [1.165, 1.54) is 0 Å². The molecule has 2 aromatic carbocycles. The Morgan fingerprint density at radius 1 is 0.630 bits per heavy atom. The second-order valence-electron chi connectivity index (χ2n) is 5.89. The highest BCUT2D eigenvalue weighted by molar-refractivity contribution is 6.27. The zero-order valence-electron chi connectivity index (χ0n) is 14.3. The second-order valence-corrected chi connectivity index (χ2v) is 5.89. The van der Waals surface area contributed by atoms with Gasteiger partial charge >= 0.3 is 0 Å². The maximum absolute atomic E-state index is 13.2. The summed E-state index contributed by atoms with van der Waals surface area (Å²) < 4.78 is 0. The Morgan fingerprint density at radius 3 is 1.81 bits per heavy atom. The van der Waals surface area contributed by atoms with E-state index in [9.17, 15) is 9.59 Å². The lowest BCUT2D eigenvalue weighted by molar-refractivity contribution is 0.0897. The minimum atomic E-state index is -0.449. The molecule has 5 nitrogen and oxygen atoms in total. The first-order valence-corrected chi connectivity index (χ1v) is 8.44. The smallest absolute Gasteiger partial charge is 0.266 e. The van der Waals surface area contributed by atoms with Crippen LogP contribution in [0.1, 0.15) is 20.7 Å². The highest BCUT2D eigenvalue weighted by Gasteiger charge is 2.28. The number of hydrogen-bond donors (Lipinski definition) is 0. The van der Waals surface area contributed by atoms with Crippen molar-refractivity contribution in [3.05, 3.63) is 102 Å². The largest absolute Gasteiger partial charge is 0.268 e. The third kappa shape index (κ3) is 3.18. The molecule has 2 amide bonds. The van der Waals surface area contributed by atoms with Crippen LogP contribution in [0.15, 0.2) is 91.3 Å². The molecule has 0 spiro atoms. The Hall–Kier alpha value is -3.86. The number of carbonyl (C=O) groups is 2. The Kier molecular flexibility index (Phi) is 4.41. The summed E-state index contributed by atoms with van der Waals surface area (Å²) in [6.07, 6.45) is 3.19. The van der Waals surface area contributed by atoms with Gasteiger partial charge in [0.25, 0.3) is 11.8 Å². The molecule has 27 heavy (non-hydrogen) atoms. The van der Waals surface area contributed by atoms with E-state index in [1.807, 2.05) is 18.2 Å². The van der Waals surface area contributed by atoms with Crippen molar-refractivity contribution in [2.24, 2.45) is 0 Å². The lowest BCUT2D eigenvalue weighted by Gasteiger charge is -2.21. The van der Waals surface area contributed by atoms with Gasteiger partial charge in [0.15, 0.2) is 5.82 Å². The van der Waals surface area contributed by atoms with E-state index in [2.05, 4.69) is 9.97 Å². The van der Waals surface area contributed by atoms with Crippen LogP contribution >= 0.6 is 0 Å². The van der Waals surface area contributed by atoms with Crippen molar-refractivity contribution in [3.8, 4) is 0 Å². The first kappa shape index (κ1) is 16.6. The van der Waals surface area contributed by atoms with E-state index in [-0.39, 0.29) is 5.82 Å². The normalized spacial score (nSPS) is 10.5. The molecule has 0 saturated carbocycles. The summed E-state index contributed by atoms with van der Waals surface area (Å²) in [6.45, 7) is 0. The number of pyridine rings is 2. The molecule has 0 atom stereocenters. The predicted molar refractivity (Wildman–Crippen MR) is 104 cm³/mol. The van der Waals surface area contributed by atoms with Crippen LogP contribution in [0.5, 0.6) is 0 Å². The summed E-state index contributed by atoms with van der Waals surface area (Å²) in [5, 5.41) is 0.800. The van der Waals surface area contributed by atoms with Gasteiger partial charge in [-0.25, -0.2) is 9.88 Å². The number of nitrogens with zero attached hydrogens (tertiary/aromatic N) is 3. The number of amides is 2. The minimum Gasteiger partial charge on any atom is -0.268 e. The fourth-order valence-corrected chi connectivity index (χ4v) is 2.86. The fraction of sp³-hybridized carbons (Fsp3) is 0. The van der Waals surface area contributed by atoms with Gasteiger partial charge in [-0.1, -0.05) is 42.5 Å². The van der Waals surface area contributed by atoms with Crippen molar-refractivity contribution in [3.63, 3.8) is 0 Å². The van der Waals surface area contributed by atoms with Gasteiger partial charge in [0.05, 0.1) is 0 Å². The van der Waals surface area contributed by atoms with E-state index in [0.717, 1.165) is 10.3 Å². The van der Waals surface area contributed by atoms with Crippen molar-refractivity contribution in [1.29, 1.82) is 0 Å². The molecule has 0 aliphatic heterocycles. The van der Waals surface area contributed by atoms with Crippen LogP contribution in [0.3, 0.4) is 0 Å². The number of aromatic nitrogens is 2. The number of anilines is 1. The summed E-state index contributed by atoms with van der Waals surface area (Å²) in [7, 11) is 0. The molecular weight excluding hydrogens is 338 g/mol. The molecule has 0 bridgehead atoms. The van der Waals surface area contributed by atoms with E-state index in [4.69, 9.17) is 0 Å². The zero-order chi connectivity index (χ0) is 18.6. The number of imide groups is 1. The van der Waals surface area contributed by atoms with Crippen LogP contribution in [0.2, 0.25) is 0 Å². The number of hydrogen-bond acceptors (Lipinski definition) is 4. The molecule has 0 aliphatic rings. The summed E-state index contributed by atoms with van der Waals surface area (Å²) in [4.78, 5) is 36.2. The second kappa shape index (κ2) is 7.17. The number of carbonyl (C=O) groups excluding carboxylic acids is 2. The van der Waals surface area contributed by atoms with E-state index >= 15 is 0 Å². The van der Waals surface area contributed by atoms with Crippen LogP contribution in [0.4, 0.5) is 5.82 Å². The first-order valence-electron chi connectivity index (χ1n) is 8.44. The minimum absolute atomic E-state index is 0.218. The molecule has 0 unspecified atom stereocenters. The fourth-order valence-electron chi connectivity index (χ4n) is 2.86. The molecule has 4 rings (SSSR count). The molecular formula is C22H15N3O2. The Bertz CT molecular complexity index is 1060. The Labute approximate surface area is 155 Å². The lowest BCUT2D eigenvalue weighted by atomic mass is 10.1. The first-order chi connectivity index (χ1) is 13.3. The summed E-state index contributed by atoms with van der Waals surface area (Å²) >= 11 is 0. The van der Waals surface area contributed by atoms with Crippen LogP contribution < -0.4 is 4.90 Å². The Balaban J connectivity index is 1.90. The summed E-state index contributed by atoms with van der Waals surface area (Å²) in [6, 6.07) is 22.8. The Morgan fingerprint density at radius 2 is 1.22 bits per heavy atom. The molecule has 0 fully saturated rings. The molecule has 2 aromatic heterocycles. The molecule has 0 aliphatic carbocycles. The predicted octanol–water partition coefficient (Wildman–Crippen LogP) is 4.12. The third-order valence-electron chi connectivity index (χ3n) is 4.16. The third-order valence-corrected chi connectivity index (χ3v) is 4.16. The zero-order valence-corrected chi connectivity index (χ0v) is 14.3. The van der Waals surface area contributed by atoms with E-state index in [1.54, 1.807) is 73.1 Å². The van der Waals surface area contributed by atoms with Gasteiger partial charge in [-0.15, -0.1) is 0 Å². The highest BCUT2D eigenvalue weighted by Crippen LogP contribution is 2.25. The van der Waals surface area contributed by atoms with Crippen LogP contribution in [0.25, 0.3) is 10.9 Å². The van der Waals surface area contributed by atoms with Gasteiger partial charge in [-0.2, -0.15) is 0 Å². The van der Waals surface area contributed by atoms with E-state index < -0.39 is 11.8 Å². The lowest BCUT2D eigenvalue weighted by Crippen LogP contribution is -2.38. The molecule has 5 heteroatoms. The summed E-state index contributed by atoms with van der Waals surface area (Å²) in [5.41, 5.74) is 1.29. The van der Waals surface area contributed by atoms with Gasteiger partial charge in [-0.05, 0) is 36.4 Å². The van der Waals surface area contributed by atoms with Crippen molar-refractivity contribution in [1.82, 2.24) is 9.97 Å². The van der Waals surface area contributed by atoms with Crippen molar-refractivity contribution < 1.29 is 9.59 Å². The van der Waals surface area contributed by atoms with Crippen LogP contribution in [-0.2, 0) is 0 Å². The van der Waals surface area contributed by atoms with Gasteiger partial charge in [0.2, 0.25) is 0 Å². The van der Waals surface area contributed by atoms with Crippen molar-refractivity contribution in [2.75, 3.05) is 4.90 Å². The molecule has 0 N–H and O–H groups in total. The van der Waals surface area contributed by atoms with Gasteiger partial charge in [0.1, 0.15) is 5.52 Å². The topological polar surface area (TPSA) is 63.2 Å². The van der Waals surface area contributed by atoms with E-state index in [0.29, 0.717) is 16.6 Å². The maximum Gasteiger partial charge on any atom is 0.266 e. The van der Waals surface area contributed by atoms with Crippen LogP contribution in [0, 0.1) is 0 Å². The quantitative estimate of drug-likeness (QED) is 0.520. The number of benzene rings is 2. The number of fused-ring (bicyclic) bond motifs is 1. The van der Waals surface area contributed by atoms with Gasteiger partial charge in [0, 0.05) is 28.9 Å². The molecule has 0 saturated heterocycles. The van der Waals surface area contributed by atoms with Crippen molar-refractivity contribution >= 4 is 28.5 Å². The molecule has 4 aromatic rings. The molecule has 130 valence electrons. The van der Waals surface area contributed by atoms with Crippen molar-refractivity contribution in [2.45, 2.75) is 0 Å². The van der Waals surface area contributed by atoms with Crippen LogP contribution in [-0.4, -0.2) is 21.8 Å².